The van der Waals surface area contributed by atoms with Crippen molar-refractivity contribution in [1.29, 1.82) is 0 Å². The Labute approximate surface area is 131 Å². The number of nitrogens with one attached hydrogen (secondary N) is 2. The largest absolute Gasteiger partial charge is 0.291 e. The van der Waals surface area contributed by atoms with Gasteiger partial charge in [-0.3, -0.25) is 9.89 Å². The molecule has 21 heavy (non-hydrogen) atoms. The van der Waals surface area contributed by atoms with E-state index >= 15 is 0 Å². The molecule has 1 amide bonds. The van der Waals surface area contributed by atoms with Gasteiger partial charge in [-0.25, -0.2) is 5.43 Å². The van der Waals surface area contributed by atoms with Crippen LogP contribution in [-0.2, 0) is 0 Å². The van der Waals surface area contributed by atoms with Crippen molar-refractivity contribution in [3.63, 3.8) is 0 Å². The second kappa shape index (κ2) is 5.87. The number of aromatic amines is 1. The van der Waals surface area contributed by atoms with Crippen molar-refractivity contribution in [2.75, 3.05) is 0 Å². The van der Waals surface area contributed by atoms with Crippen LogP contribution in [-0.4, -0.2) is 22.3 Å². The highest BCUT2D eigenvalue weighted by molar-refractivity contribution is 6.38. The second-order valence-electron chi connectivity index (χ2n) is 4.82. The summed E-state index contributed by atoms with van der Waals surface area (Å²) < 4.78 is 0. The van der Waals surface area contributed by atoms with Crippen molar-refractivity contribution in [2.45, 2.75) is 18.8 Å². The van der Waals surface area contributed by atoms with E-state index in [9.17, 15) is 4.79 Å². The molecular weight excluding hydrogens is 311 g/mol. The van der Waals surface area contributed by atoms with E-state index in [4.69, 9.17) is 23.2 Å². The number of H-pyrrole nitrogens is 1. The topological polar surface area (TPSA) is 70.1 Å². The Morgan fingerprint density at radius 3 is 2.76 bits per heavy atom. The van der Waals surface area contributed by atoms with Crippen molar-refractivity contribution < 1.29 is 4.79 Å². The summed E-state index contributed by atoms with van der Waals surface area (Å²) in [5.74, 6) is 0.141. The predicted octanol–water partition coefficient (Wildman–Crippen LogP) is 3.36. The van der Waals surface area contributed by atoms with Gasteiger partial charge in [0.2, 0.25) is 0 Å². The zero-order valence-electron chi connectivity index (χ0n) is 10.9. The van der Waals surface area contributed by atoms with E-state index in [1.807, 2.05) is 0 Å². The van der Waals surface area contributed by atoms with Gasteiger partial charge in [-0.15, -0.1) is 0 Å². The van der Waals surface area contributed by atoms with Crippen LogP contribution in [0.3, 0.4) is 0 Å². The SMILES string of the molecule is O=C(N/N=C/c1c(Cl)cccc1Cl)c1cc(C2CC2)[nH]n1. The summed E-state index contributed by atoms with van der Waals surface area (Å²) in [6, 6.07) is 6.90. The second-order valence-corrected chi connectivity index (χ2v) is 5.63. The summed E-state index contributed by atoms with van der Waals surface area (Å²) in [6.07, 6.45) is 3.70. The molecule has 0 radical (unpaired) electrons. The molecule has 1 aliphatic carbocycles. The molecule has 0 spiro atoms. The molecule has 1 aromatic carbocycles. The fourth-order valence-electron chi connectivity index (χ4n) is 1.90. The summed E-state index contributed by atoms with van der Waals surface area (Å²) in [5, 5.41) is 11.6. The monoisotopic (exact) mass is 322 g/mol. The van der Waals surface area contributed by atoms with E-state index < -0.39 is 0 Å². The molecule has 0 atom stereocenters. The fourth-order valence-corrected chi connectivity index (χ4v) is 2.40. The summed E-state index contributed by atoms with van der Waals surface area (Å²) in [4.78, 5) is 11.9. The molecule has 2 N–H and O–H groups in total. The van der Waals surface area contributed by atoms with Crippen molar-refractivity contribution in [2.24, 2.45) is 5.10 Å². The summed E-state index contributed by atoms with van der Waals surface area (Å²) in [6.45, 7) is 0. The minimum atomic E-state index is -0.377. The van der Waals surface area contributed by atoms with Crippen LogP contribution in [0.25, 0.3) is 0 Å². The average Bonchev–Trinajstić information content (AvgIpc) is 3.19. The van der Waals surface area contributed by atoms with Crippen LogP contribution in [0.2, 0.25) is 10.0 Å². The van der Waals surface area contributed by atoms with Gasteiger partial charge in [0, 0.05) is 17.2 Å². The molecule has 108 valence electrons. The number of nitrogens with zero attached hydrogens (tertiary/aromatic N) is 2. The van der Waals surface area contributed by atoms with Crippen molar-refractivity contribution in [3.05, 3.63) is 51.3 Å². The van der Waals surface area contributed by atoms with Crippen LogP contribution >= 0.6 is 23.2 Å². The zero-order valence-corrected chi connectivity index (χ0v) is 12.4. The lowest BCUT2D eigenvalue weighted by Gasteiger charge is -2.00. The van der Waals surface area contributed by atoms with E-state index in [1.165, 1.54) is 6.21 Å². The third kappa shape index (κ3) is 3.25. The maximum atomic E-state index is 11.9. The van der Waals surface area contributed by atoms with Crippen LogP contribution < -0.4 is 5.43 Å². The molecular formula is C14H12Cl2N4O. The van der Waals surface area contributed by atoms with Crippen LogP contribution in [0.1, 0.15) is 40.5 Å². The summed E-state index contributed by atoms with van der Waals surface area (Å²) in [5.41, 5.74) is 4.28. The van der Waals surface area contributed by atoms with Crippen molar-refractivity contribution >= 4 is 35.3 Å². The minimum absolute atomic E-state index is 0.319. The Morgan fingerprint density at radius 1 is 1.38 bits per heavy atom. The van der Waals surface area contributed by atoms with Gasteiger partial charge in [0.25, 0.3) is 5.91 Å². The Hall–Kier alpha value is -1.85. The number of halogens is 2. The number of rotatable bonds is 4. The number of carbonyl (C=O) groups is 1. The first-order chi connectivity index (χ1) is 10.1. The molecule has 0 bridgehead atoms. The molecule has 1 heterocycles. The van der Waals surface area contributed by atoms with Crippen LogP contribution in [0, 0.1) is 0 Å². The van der Waals surface area contributed by atoms with Crippen molar-refractivity contribution in [1.82, 2.24) is 15.6 Å². The molecule has 2 aromatic rings. The number of hydrazone groups is 1. The fraction of sp³-hybridized carbons (Fsp3) is 0.214. The lowest BCUT2D eigenvalue weighted by molar-refractivity contribution is 0.0950. The van der Waals surface area contributed by atoms with Crippen LogP contribution in [0.4, 0.5) is 0 Å². The zero-order chi connectivity index (χ0) is 14.8. The van der Waals surface area contributed by atoms with Gasteiger partial charge in [-0.05, 0) is 31.0 Å². The molecule has 0 saturated heterocycles. The van der Waals surface area contributed by atoms with E-state index in [0.29, 0.717) is 27.2 Å². The molecule has 1 saturated carbocycles. The molecule has 3 rings (SSSR count). The summed E-state index contributed by atoms with van der Waals surface area (Å²) >= 11 is 12.0. The predicted molar refractivity (Wildman–Crippen MR) is 82.1 cm³/mol. The number of hydrogen-bond acceptors (Lipinski definition) is 3. The third-order valence-corrected chi connectivity index (χ3v) is 3.87. The van der Waals surface area contributed by atoms with Crippen LogP contribution in [0.15, 0.2) is 29.4 Å². The standard InChI is InChI=1S/C14H12Cl2N4O/c15-10-2-1-3-11(16)9(10)7-17-20-14(21)13-6-12(18-19-13)8-4-5-8/h1-3,6-8H,4-5H2,(H,18,19)(H,20,21)/b17-7+. The minimum Gasteiger partial charge on any atom is -0.281 e. The Morgan fingerprint density at radius 2 is 2.10 bits per heavy atom. The van der Waals surface area contributed by atoms with Crippen LogP contribution in [0.5, 0.6) is 0 Å². The first kappa shape index (κ1) is 14.1. The van der Waals surface area contributed by atoms with E-state index in [2.05, 4.69) is 20.7 Å². The van der Waals surface area contributed by atoms with Gasteiger partial charge < -0.3 is 0 Å². The first-order valence-electron chi connectivity index (χ1n) is 6.48. The Bertz CT molecular complexity index is 686. The van der Waals surface area contributed by atoms with E-state index in [-0.39, 0.29) is 5.91 Å². The quantitative estimate of drug-likeness (QED) is 0.669. The molecule has 0 aliphatic heterocycles. The van der Waals surface area contributed by atoms with Gasteiger partial charge in [-0.1, -0.05) is 29.3 Å². The number of hydrogen-bond donors (Lipinski definition) is 2. The summed E-state index contributed by atoms with van der Waals surface area (Å²) in [7, 11) is 0. The number of amides is 1. The highest BCUT2D eigenvalue weighted by Gasteiger charge is 2.26. The lowest BCUT2D eigenvalue weighted by atomic mass is 10.2. The molecule has 7 heteroatoms. The van der Waals surface area contributed by atoms with Gasteiger partial charge >= 0.3 is 0 Å². The molecule has 1 aromatic heterocycles. The van der Waals surface area contributed by atoms with Gasteiger partial charge in [0.1, 0.15) is 0 Å². The first-order valence-corrected chi connectivity index (χ1v) is 7.23. The van der Waals surface area contributed by atoms with Gasteiger partial charge in [0.15, 0.2) is 5.69 Å². The van der Waals surface area contributed by atoms with Gasteiger partial charge in [0.05, 0.1) is 16.3 Å². The number of carbonyl (C=O) groups excluding carboxylic acids is 1. The van der Waals surface area contributed by atoms with E-state index in [1.54, 1.807) is 24.3 Å². The van der Waals surface area contributed by atoms with Crippen molar-refractivity contribution in [3.8, 4) is 0 Å². The lowest BCUT2D eigenvalue weighted by Crippen LogP contribution is -2.18. The highest BCUT2D eigenvalue weighted by Crippen LogP contribution is 2.38. The highest BCUT2D eigenvalue weighted by atomic mass is 35.5. The maximum absolute atomic E-state index is 11.9. The molecule has 0 unspecified atom stereocenters. The molecule has 5 nitrogen and oxygen atoms in total. The maximum Gasteiger partial charge on any atom is 0.291 e. The average molecular weight is 323 g/mol. The molecule has 1 aliphatic rings. The molecule has 1 fully saturated rings. The smallest absolute Gasteiger partial charge is 0.281 e. The van der Waals surface area contributed by atoms with Gasteiger partial charge in [-0.2, -0.15) is 10.2 Å². The third-order valence-electron chi connectivity index (χ3n) is 3.21. The Balaban J connectivity index is 1.66. The van der Waals surface area contributed by atoms with E-state index in [0.717, 1.165) is 18.5 Å². The number of aromatic nitrogens is 2. The number of benzene rings is 1. The normalized spacial score (nSPS) is 14.6. The Kier molecular flexibility index (Phi) is 3.94.